The van der Waals surface area contributed by atoms with Gasteiger partial charge in [0.25, 0.3) is 5.91 Å². The number of amides is 1. The summed E-state index contributed by atoms with van der Waals surface area (Å²) in [5, 5.41) is 3.94. The van der Waals surface area contributed by atoms with Crippen molar-refractivity contribution in [2.24, 2.45) is 5.10 Å². The fourth-order valence-electron chi connectivity index (χ4n) is 1.66. The van der Waals surface area contributed by atoms with Crippen LogP contribution in [0.1, 0.15) is 22.8 Å². The lowest BCUT2D eigenvalue weighted by atomic mass is 10.2. The second-order valence-electron chi connectivity index (χ2n) is 4.19. The zero-order chi connectivity index (χ0) is 15.9. The lowest BCUT2D eigenvalue weighted by molar-refractivity contribution is 0.0955. The van der Waals surface area contributed by atoms with Crippen LogP contribution in [0.4, 0.5) is 0 Å². The van der Waals surface area contributed by atoms with Gasteiger partial charge in [-0.3, -0.25) is 9.78 Å². The topological polar surface area (TPSA) is 63.6 Å². The van der Waals surface area contributed by atoms with Crippen molar-refractivity contribution >= 4 is 44.0 Å². The van der Waals surface area contributed by atoms with Gasteiger partial charge < -0.3 is 4.74 Å². The largest absolute Gasteiger partial charge is 0.492 e. The number of carbonyl (C=O) groups is 1. The van der Waals surface area contributed by atoms with Crippen molar-refractivity contribution < 1.29 is 9.53 Å². The second kappa shape index (κ2) is 8.05. The van der Waals surface area contributed by atoms with Crippen molar-refractivity contribution in [3.8, 4) is 5.75 Å². The van der Waals surface area contributed by atoms with E-state index >= 15 is 0 Å². The first-order valence-corrected chi connectivity index (χ1v) is 8.05. The van der Waals surface area contributed by atoms with Crippen LogP contribution in [0.25, 0.3) is 0 Å². The van der Waals surface area contributed by atoms with Crippen LogP contribution in [0.5, 0.6) is 5.75 Å². The summed E-state index contributed by atoms with van der Waals surface area (Å²) < 4.78 is 7.13. The van der Waals surface area contributed by atoms with E-state index < -0.39 is 0 Å². The van der Waals surface area contributed by atoms with E-state index in [2.05, 4.69) is 47.4 Å². The highest BCUT2D eigenvalue weighted by Crippen LogP contribution is 2.34. The summed E-state index contributed by atoms with van der Waals surface area (Å²) in [6, 6.07) is 7.08. The van der Waals surface area contributed by atoms with E-state index in [1.807, 2.05) is 19.1 Å². The lowest BCUT2D eigenvalue weighted by Crippen LogP contribution is -2.17. The van der Waals surface area contributed by atoms with E-state index in [9.17, 15) is 4.79 Å². The molecular weight excluding hydrogens is 414 g/mol. The van der Waals surface area contributed by atoms with Gasteiger partial charge in [0.15, 0.2) is 0 Å². The van der Waals surface area contributed by atoms with Crippen LogP contribution in [0.3, 0.4) is 0 Å². The molecule has 0 bridgehead atoms. The van der Waals surface area contributed by atoms with Gasteiger partial charge in [-0.05, 0) is 68.6 Å². The Morgan fingerprint density at radius 2 is 2.14 bits per heavy atom. The van der Waals surface area contributed by atoms with E-state index in [1.165, 1.54) is 6.20 Å². The van der Waals surface area contributed by atoms with E-state index in [4.69, 9.17) is 4.74 Å². The zero-order valence-electron chi connectivity index (χ0n) is 11.7. The van der Waals surface area contributed by atoms with Crippen LogP contribution in [0.2, 0.25) is 0 Å². The van der Waals surface area contributed by atoms with Gasteiger partial charge in [-0.1, -0.05) is 0 Å². The molecule has 22 heavy (non-hydrogen) atoms. The highest BCUT2D eigenvalue weighted by molar-refractivity contribution is 9.11. The summed E-state index contributed by atoms with van der Waals surface area (Å²) in [4.78, 5) is 15.7. The Kier molecular flexibility index (Phi) is 6.09. The third kappa shape index (κ3) is 4.38. The Morgan fingerprint density at radius 1 is 1.41 bits per heavy atom. The number of nitrogens with one attached hydrogen (secondary N) is 1. The summed E-state index contributed by atoms with van der Waals surface area (Å²) in [5.41, 5.74) is 3.72. The maximum atomic E-state index is 11.8. The van der Waals surface area contributed by atoms with E-state index in [-0.39, 0.29) is 5.91 Å². The fourth-order valence-corrected chi connectivity index (χ4v) is 3.11. The molecule has 0 aliphatic rings. The Balaban J connectivity index is 2.06. The molecule has 1 amide bonds. The Hall–Kier alpha value is -1.73. The number of aromatic nitrogens is 1. The Bertz CT molecular complexity index is 667. The normalized spacial score (nSPS) is 10.7. The molecule has 0 saturated heterocycles. The first kappa shape index (κ1) is 16.6. The first-order chi connectivity index (χ1) is 10.6. The van der Waals surface area contributed by atoms with E-state index in [0.717, 1.165) is 20.3 Å². The number of rotatable bonds is 5. The molecule has 0 aliphatic carbocycles. The van der Waals surface area contributed by atoms with Crippen LogP contribution < -0.4 is 10.2 Å². The molecule has 0 atom stereocenters. The predicted octanol–water partition coefficient (Wildman–Crippen LogP) is 3.77. The Morgan fingerprint density at radius 3 is 2.73 bits per heavy atom. The SMILES string of the molecule is CCOc1c(Br)cc(/C=N\NC(=O)c2cccnc2)cc1Br. The van der Waals surface area contributed by atoms with Gasteiger partial charge in [-0.2, -0.15) is 5.10 Å². The van der Waals surface area contributed by atoms with Gasteiger partial charge in [0.1, 0.15) is 5.75 Å². The summed E-state index contributed by atoms with van der Waals surface area (Å²) >= 11 is 6.89. The highest BCUT2D eigenvalue weighted by Gasteiger charge is 2.08. The number of carbonyl (C=O) groups excluding carboxylic acids is 1. The molecule has 1 heterocycles. The molecule has 2 rings (SSSR count). The molecule has 7 heteroatoms. The minimum Gasteiger partial charge on any atom is -0.492 e. The Labute approximate surface area is 145 Å². The molecule has 0 unspecified atom stereocenters. The predicted molar refractivity (Wildman–Crippen MR) is 92.3 cm³/mol. The summed E-state index contributed by atoms with van der Waals surface area (Å²) in [6.45, 7) is 2.49. The monoisotopic (exact) mass is 425 g/mol. The smallest absolute Gasteiger partial charge is 0.272 e. The number of hydrogen-bond acceptors (Lipinski definition) is 4. The second-order valence-corrected chi connectivity index (χ2v) is 5.90. The average molecular weight is 427 g/mol. The lowest BCUT2D eigenvalue weighted by Gasteiger charge is -2.09. The molecule has 0 radical (unpaired) electrons. The quantitative estimate of drug-likeness (QED) is 0.584. The summed E-state index contributed by atoms with van der Waals surface area (Å²) in [6.07, 6.45) is 4.64. The number of ether oxygens (including phenoxy) is 1. The number of benzene rings is 1. The van der Waals surface area contributed by atoms with Gasteiger partial charge in [0.2, 0.25) is 0 Å². The first-order valence-electron chi connectivity index (χ1n) is 6.47. The van der Waals surface area contributed by atoms with Crippen LogP contribution in [-0.2, 0) is 0 Å². The summed E-state index contributed by atoms with van der Waals surface area (Å²) in [5.74, 6) is 0.424. The van der Waals surface area contributed by atoms with Crippen LogP contribution in [-0.4, -0.2) is 23.7 Å². The third-order valence-corrected chi connectivity index (χ3v) is 3.79. The van der Waals surface area contributed by atoms with Gasteiger partial charge in [0, 0.05) is 12.4 Å². The maximum Gasteiger partial charge on any atom is 0.272 e. The number of halogens is 2. The van der Waals surface area contributed by atoms with Crippen molar-refractivity contribution in [3.05, 3.63) is 56.7 Å². The molecule has 2 aromatic rings. The molecule has 1 aromatic heterocycles. The standard InChI is InChI=1S/C15H13Br2N3O2/c1-2-22-14-12(16)6-10(7-13(14)17)8-19-20-15(21)11-4-3-5-18-9-11/h3-9H,2H2,1H3,(H,20,21)/b19-8-. The van der Waals surface area contributed by atoms with Crippen molar-refractivity contribution in [3.63, 3.8) is 0 Å². The highest BCUT2D eigenvalue weighted by atomic mass is 79.9. The maximum absolute atomic E-state index is 11.8. The molecule has 114 valence electrons. The minimum absolute atomic E-state index is 0.312. The third-order valence-electron chi connectivity index (χ3n) is 2.61. The molecule has 1 aromatic carbocycles. The molecule has 1 N–H and O–H groups in total. The number of hydrogen-bond donors (Lipinski definition) is 1. The van der Waals surface area contributed by atoms with E-state index in [0.29, 0.717) is 12.2 Å². The number of hydrazone groups is 1. The fraction of sp³-hybridized carbons (Fsp3) is 0.133. The average Bonchev–Trinajstić information content (AvgIpc) is 2.51. The molecule has 0 spiro atoms. The van der Waals surface area contributed by atoms with Gasteiger partial charge in [-0.15, -0.1) is 0 Å². The van der Waals surface area contributed by atoms with Crippen molar-refractivity contribution in [1.29, 1.82) is 0 Å². The van der Waals surface area contributed by atoms with Crippen molar-refractivity contribution in [1.82, 2.24) is 10.4 Å². The minimum atomic E-state index is -0.312. The van der Waals surface area contributed by atoms with Gasteiger partial charge >= 0.3 is 0 Å². The van der Waals surface area contributed by atoms with Gasteiger partial charge in [0.05, 0.1) is 27.3 Å². The zero-order valence-corrected chi connectivity index (χ0v) is 14.9. The van der Waals surface area contributed by atoms with Crippen LogP contribution in [0.15, 0.2) is 50.7 Å². The number of nitrogens with zero attached hydrogens (tertiary/aromatic N) is 2. The van der Waals surface area contributed by atoms with Crippen molar-refractivity contribution in [2.45, 2.75) is 6.92 Å². The number of pyridine rings is 1. The molecule has 0 saturated carbocycles. The van der Waals surface area contributed by atoms with E-state index in [1.54, 1.807) is 24.5 Å². The summed E-state index contributed by atoms with van der Waals surface area (Å²) in [7, 11) is 0. The molecule has 0 fully saturated rings. The molecular formula is C15H13Br2N3O2. The molecule has 5 nitrogen and oxygen atoms in total. The van der Waals surface area contributed by atoms with Crippen LogP contribution in [0, 0.1) is 0 Å². The van der Waals surface area contributed by atoms with Crippen LogP contribution >= 0.6 is 31.9 Å². The molecule has 0 aliphatic heterocycles. The van der Waals surface area contributed by atoms with Gasteiger partial charge in [-0.25, -0.2) is 5.43 Å². The van der Waals surface area contributed by atoms with Crippen molar-refractivity contribution in [2.75, 3.05) is 6.61 Å².